The molecule has 9 heteroatoms. The molecule has 0 aliphatic carbocycles. The molecule has 3 aromatic rings. The lowest BCUT2D eigenvalue weighted by molar-refractivity contribution is 0.0980. The highest BCUT2D eigenvalue weighted by Crippen LogP contribution is 2.32. The third kappa shape index (κ3) is 5.34. The number of halogens is 1. The van der Waals surface area contributed by atoms with Gasteiger partial charge in [0.2, 0.25) is 0 Å². The molecule has 2 aromatic carbocycles. The molecule has 0 aliphatic heterocycles. The molecule has 166 valence electrons. The standard InChI is InChI=1S/C22H26BrN3O3S2/c1-4-25(5-2)13-14-26(22-24-18-12-11-16(23)15-19(18)30-22)21(27)17-9-7-8-10-20(17)31(28,29)6-3/h7-12,15H,4-6,13-14H2,1-3H3. The molecule has 1 heterocycles. The number of amides is 1. The minimum atomic E-state index is -3.54. The zero-order valence-corrected chi connectivity index (χ0v) is 21.1. The van der Waals surface area contributed by atoms with E-state index in [0.717, 1.165) is 27.8 Å². The summed E-state index contributed by atoms with van der Waals surface area (Å²) in [6, 6.07) is 12.2. The maximum Gasteiger partial charge on any atom is 0.261 e. The third-order valence-corrected chi connectivity index (χ3v) is 8.50. The van der Waals surface area contributed by atoms with Crippen molar-refractivity contribution in [2.75, 3.05) is 36.8 Å². The van der Waals surface area contributed by atoms with E-state index in [0.29, 0.717) is 18.2 Å². The molecule has 1 amide bonds. The summed E-state index contributed by atoms with van der Waals surface area (Å²) in [6.45, 7) is 8.56. The van der Waals surface area contributed by atoms with Gasteiger partial charge in [0.05, 0.1) is 26.4 Å². The van der Waals surface area contributed by atoms with Crippen molar-refractivity contribution in [3.63, 3.8) is 0 Å². The number of rotatable bonds is 9. The van der Waals surface area contributed by atoms with Gasteiger partial charge in [0.1, 0.15) is 0 Å². The minimum absolute atomic E-state index is 0.0636. The van der Waals surface area contributed by atoms with Crippen LogP contribution in [0.3, 0.4) is 0 Å². The van der Waals surface area contributed by atoms with E-state index in [2.05, 4.69) is 39.7 Å². The van der Waals surface area contributed by atoms with Crippen LogP contribution in [0.1, 0.15) is 31.1 Å². The van der Waals surface area contributed by atoms with Gasteiger partial charge in [-0.3, -0.25) is 9.69 Å². The van der Waals surface area contributed by atoms with Crippen molar-refractivity contribution in [3.05, 3.63) is 52.5 Å². The van der Waals surface area contributed by atoms with Crippen molar-refractivity contribution in [1.29, 1.82) is 0 Å². The van der Waals surface area contributed by atoms with Gasteiger partial charge in [-0.1, -0.05) is 60.2 Å². The summed E-state index contributed by atoms with van der Waals surface area (Å²) in [7, 11) is -3.54. The van der Waals surface area contributed by atoms with Gasteiger partial charge in [-0.2, -0.15) is 0 Å². The van der Waals surface area contributed by atoms with Gasteiger partial charge < -0.3 is 4.90 Å². The van der Waals surface area contributed by atoms with Gasteiger partial charge in [-0.25, -0.2) is 13.4 Å². The molecule has 0 radical (unpaired) electrons. The summed E-state index contributed by atoms with van der Waals surface area (Å²) in [5.41, 5.74) is 0.989. The fourth-order valence-electron chi connectivity index (χ4n) is 3.28. The maximum atomic E-state index is 13.7. The number of likely N-dealkylation sites (N-methyl/N-ethyl adjacent to an activating group) is 1. The van der Waals surface area contributed by atoms with Crippen molar-refractivity contribution < 1.29 is 13.2 Å². The Labute approximate surface area is 195 Å². The molecule has 6 nitrogen and oxygen atoms in total. The normalized spacial score (nSPS) is 11.9. The highest BCUT2D eigenvalue weighted by molar-refractivity contribution is 9.10. The van der Waals surface area contributed by atoms with Crippen LogP contribution in [0.15, 0.2) is 51.8 Å². The van der Waals surface area contributed by atoms with E-state index in [-0.39, 0.29) is 22.1 Å². The summed E-state index contributed by atoms with van der Waals surface area (Å²) in [6.07, 6.45) is 0. The summed E-state index contributed by atoms with van der Waals surface area (Å²) < 4.78 is 27.1. The second-order valence-electron chi connectivity index (χ2n) is 6.99. The predicted molar refractivity (Wildman–Crippen MR) is 131 cm³/mol. The molecule has 1 aromatic heterocycles. The molecule has 0 saturated heterocycles. The third-order valence-electron chi connectivity index (χ3n) is 5.18. The lowest BCUT2D eigenvalue weighted by Gasteiger charge is -2.25. The van der Waals surface area contributed by atoms with E-state index < -0.39 is 9.84 Å². The quantitative estimate of drug-likeness (QED) is 0.401. The maximum absolute atomic E-state index is 13.7. The number of benzene rings is 2. The highest BCUT2D eigenvalue weighted by atomic mass is 79.9. The smallest absolute Gasteiger partial charge is 0.261 e. The van der Waals surface area contributed by atoms with Crippen molar-refractivity contribution >= 4 is 58.4 Å². The lowest BCUT2D eigenvalue weighted by atomic mass is 10.2. The number of sulfone groups is 1. The second kappa shape index (κ2) is 10.2. The summed E-state index contributed by atoms with van der Waals surface area (Å²) in [5.74, 6) is -0.413. The zero-order valence-electron chi connectivity index (χ0n) is 17.8. The number of thiazole rings is 1. The molecule has 0 spiro atoms. The van der Waals surface area contributed by atoms with Crippen LogP contribution in [0, 0.1) is 0 Å². The molecule has 0 N–H and O–H groups in total. The molecular weight excluding hydrogens is 498 g/mol. The van der Waals surface area contributed by atoms with Crippen molar-refractivity contribution in [2.24, 2.45) is 0 Å². The predicted octanol–water partition coefficient (Wildman–Crippen LogP) is 4.84. The Kier molecular flexibility index (Phi) is 7.85. The number of aromatic nitrogens is 1. The Balaban J connectivity index is 2.07. The Hall–Kier alpha value is -1.81. The minimum Gasteiger partial charge on any atom is -0.302 e. The molecule has 0 bridgehead atoms. The van der Waals surface area contributed by atoms with Crippen LogP contribution in [0.4, 0.5) is 5.13 Å². The van der Waals surface area contributed by atoms with Gasteiger partial charge in [-0.15, -0.1) is 0 Å². The number of nitrogens with zero attached hydrogens (tertiary/aromatic N) is 3. The van der Waals surface area contributed by atoms with Crippen molar-refractivity contribution in [2.45, 2.75) is 25.7 Å². The van der Waals surface area contributed by atoms with Crippen LogP contribution >= 0.6 is 27.3 Å². The second-order valence-corrected chi connectivity index (χ2v) is 11.2. The fraction of sp³-hybridized carbons (Fsp3) is 0.364. The van der Waals surface area contributed by atoms with Crippen LogP contribution in [-0.2, 0) is 9.84 Å². The number of carbonyl (C=O) groups is 1. The SMILES string of the molecule is CCN(CC)CCN(C(=O)c1ccccc1S(=O)(=O)CC)c1nc2ccc(Br)cc2s1. The number of hydrogen-bond donors (Lipinski definition) is 0. The first-order valence-corrected chi connectivity index (χ1v) is 13.5. The lowest BCUT2D eigenvalue weighted by Crippen LogP contribution is -2.39. The van der Waals surface area contributed by atoms with E-state index in [4.69, 9.17) is 0 Å². The van der Waals surface area contributed by atoms with E-state index in [1.54, 1.807) is 30.0 Å². The molecule has 0 unspecified atom stereocenters. The Morgan fingerprint density at radius 2 is 1.77 bits per heavy atom. The average Bonchev–Trinajstić information content (AvgIpc) is 3.19. The molecule has 0 atom stereocenters. The van der Waals surface area contributed by atoms with Crippen molar-refractivity contribution in [3.8, 4) is 0 Å². The first-order valence-electron chi connectivity index (χ1n) is 10.2. The summed E-state index contributed by atoms with van der Waals surface area (Å²) >= 11 is 4.90. The van der Waals surface area contributed by atoms with Gasteiger partial charge in [0.15, 0.2) is 15.0 Å². The van der Waals surface area contributed by atoms with E-state index >= 15 is 0 Å². The molecule has 0 fully saturated rings. The van der Waals surface area contributed by atoms with E-state index in [1.807, 2.05) is 18.2 Å². The largest absolute Gasteiger partial charge is 0.302 e. The first kappa shape index (κ1) is 23.8. The monoisotopic (exact) mass is 523 g/mol. The van der Waals surface area contributed by atoms with Crippen LogP contribution in [0.5, 0.6) is 0 Å². The van der Waals surface area contributed by atoms with Gasteiger partial charge in [0.25, 0.3) is 5.91 Å². The van der Waals surface area contributed by atoms with Crippen LogP contribution in [-0.4, -0.2) is 56.1 Å². The molecule has 0 saturated carbocycles. The van der Waals surface area contributed by atoms with E-state index in [1.165, 1.54) is 17.4 Å². The van der Waals surface area contributed by atoms with E-state index in [9.17, 15) is 13.2 Å². The van der Waals surface area contributed by atoms with Gasteiger partial charge in [0, 0.05) is 17.6 Å². The molecular formula is C22H26BrN3O3S2. The number of hydrogen-bond acceptors (Lipinski definition) is 6. The highest BCUT2D eigenvalue weighted by Gasteiger charge is 2.27. The van der Waals surface area contributed by atoms with Crippen LogP contribution < -0.4 is 4.90 Å². The van der Waals surface area contributed by atoms with Crippen molar-refractivity contribution in [1.82, 2.24) is 9.88 Å². The fourth-order valence-corrected chi connectivity index (χ4v) is 5.91. The first-order chi connectivity index (χ1) is 14.8. The number of fused-ring (bicyclic) bond motifs is 1. The van der Waals surface area contributed by atoms with Gasteiger partial charge in [-0.05, 0) is 43.4 Å². The molecule has 3 rings (SSSR count). The van der Waals surface area contributed by atoms with Gasteiger partial charge >= 0.3 is 0 Å². The Morgan fingerprint density at radius 3 is 2.45 bits per heavy atom. The molecule has 31 heavy (non-hydrogen) atoms. The number of carbonyl (C=O) groups excluding carboxylic acids is 1. The average molecular weight is 525 g/mol. The summed E-state index contributed by atoms with van der Waals surface area (Å²) in [4.78, 5) is 22.2. The van der Waals surface area contributed by atoms with Crippen LogP contribution in [0.25, 0.3) is 10.2 Å². The zero-order chi connectivity index (χ0) is 22.6. The summed E-state index contributed by atoms with van der Waals surface area (Å²) in [5, 5.41) is 0.564. The topological polar surface area (TPSA) is 70.6 Å². The Bertz CT molecular complexity index is 1170. The van der Waals surface area contributed by atoms with Crippen LogP contribution in [0.2, 0.25) is 0 Å². The Morgan fingerprint density at radius 1 is 1.06 bits per heavy atom. The number of anilines is 1. The molecule has 0 aliphatic rings.